The summed E-state index contributed by atoms with van der Waals surface area (Å²) in [6.45, 7) is 3.08. The predicted molar refractivity (Wildman–Crippen MR) is 127 cm³/mol. The van der Waals surface area contributed by atoms with E-state index in [1.165, 1.54) is 28.9 Å². The first kappa shape index (κ1) is 26.7. The van der Waals surface area contributed by atoms with E-state index >= 15 is 0 Å². The summed E-state index contributed by atoms with van der Waals surface area (Å²) in [5.41, 5.74) is -1.55. The number of amides is 1. The highest BCUT2D eigenvalue weighted by molar-refractivity contribution is 6.39. The maximum Gasteiger partial charge on any atom is 0.433 e. The number of pyridine rings is 1. The normalized spacial score (nSPS) is 12.3. The third-order valence-electron chi connectivity index (χ3n) is 5.57. The van der Waals surface area contributed by atoms with Gasteiger partial charge < -0.3 is 5.32 Å². The van der Waals surface area contributed by atoms with Gasteiger partial charge in [0.1, 0.15) is 5.69 Å². The Morgan fingerprint density at radius 2 is 1.70 bits per heavy atom. The van der Waals surface area contributed by atoms with Gasteiger partial charge in [0.2, 0.25) is 0 Å². The Hall–Kier alpha value is -3.31. The second-order valence-corrected chi connectivity index (χ2v) is 9.04. The third-order valence-corrected chi connectivity index (χ3v) is 6.08. The van der Waals surface area contributed by atoms with Gasteiger partial charge in [-0.2, -0.15) is 31.4 Å². The summed E-state index contributed by atoms with van der Waals surface area (Å²) < 4.78 is 81.0. The minimum absolute atomic E-state index is 0.00895. The second kappa shape index (κ2) is 9.53. The van der Waals surface area contributed by atoms with E-state index in [4.69, 9.17) is 23.2 Å². The molecule has 13 heteroatoms. The molecule has 0 aliphatic rings. The molecule has 1 N–H and O–H groups in total. The Kier molecular flexibility index (Phi) is 6.89. The number of anilines is 1. The Morgan fingerprint density at radius 3 is 2.35 bits per heavy atom. The van der Waals surface area contributed by atoms with E-state index < -0.39 is 29.5 Å². The molecular formula is C24H16Cl2F6N4O. The van der Waals surface area contributed by atoms with Crippen LogP contribution in [0.25, 0.3) is 10.9 Å². The molecule has 0 atom stereocenters. The largest absolute Gasteiger partial charge is 0.433 e. The van der Waals surface area contributed by atoms with Crippen molar-refractivity contribution in [1.29, 1.82) is 0 Å². The maximum atomic E-state index is 13.5. The number of nitrogens with zero attached hydrogens (tertiary/aromatic N) is 3. The average Bonchev–Trinajstić information content (AvgIpc) is 3.04. The van der Waals surface area contributed by atoms with E-state index in [0.717, 1.165) is 12.1 Å². The zero-order chi connectivity index (χ0) is 27.3. The lowest BCUT2D eigenvalue weighted by molar-refractivity contribution is -0.141. The SMILES string of the molecule is Cc1nn(Cc2cccc(C(F)(F)F)c2)c(C)c1NC(=O)c1cc(C(F)(F)F)nc2c(Cl)cc(Cl)cc12. The topological polar surface area (TPSA) is 59.8 Å². The number of alkyl halides is 6. The van der Waals surface area contributed by atoms with E-state index in [0.29, 0.717) is 23.0 Å². The summed E-state index contributed by atoms with van der Waals surface area (Å²) >= 11 is 12.1. The Morgan fingerprint density at radius 1 is 1.00 bits per heavy atom. The monoisotopic (exact) mass is 560 g/mol. The zero-order valence-corrected chi connectivity index (χ0v) is 20.5. The lowest BCUT2D eigenvalue weighted by atomic mass is 10.1. The summed E-state index contributed by atoms with van der Waals surface area (Å²) in [7, 11) is 0. The van der Waals surface area contributed by atoms with Gasteiger partial charge in [-0.1, -0.05) is 35.3 Å². The van der Waals surface area contributed by atoms with Crippen LogP contribution >= 0.6 is 23.2 Å². The van der Waals surface area contributed by atoms with Crippen molar-refractivity contribution >= 4 is 45.7 Å². The number of benzene rings is 2. The van der Waals surface area contributed by atoms with Crippen molar-refractivity contribution in [1.82, 2.24) is 14.8 Å². The quantitative estimate of drug-likeness (QED) is 0.260. The van der Waals surface area contributed by atoms with E-state index in [1.807, 2.05) is 0 Å². The Labute approximate surface area is 216 Å². The Bertz CT molecular complexity index is 1530. The summed E-state index contributed by atoms with van der Waals surface area (Å²) in [5.74, 6) is -0.902. The molecular weight excluding hydrogens is 545 g/mol. The number of carbonyl (C=O) groups is 1. The molecule has 0 aliphatic heterocycles. The highest BCUT2D eigenvalue weighted by atomic mass is 35.5. The first-order valence-electron chi connectivity index (χ1n) is 10.5. The molecule has 4 rings (SSSR count). The van der Waals surface area contributed by atoms with E-state index in [1.54, 1.807) is 13.8 Å². The average molecular weight is 561 g/mol. The molecule has 2 aromatic carbocycles. The molecule has 0 bridgehead atoms. The highest BCUT2D eigenvalue weighted by Crippen LogP contribution is 2.35. The molecule has 4 aromatic rings. The fourth-order valence-corrected chi connectivity index (χ4v) is 4.35. The molecule has 0 spiro atoms. The van der Waals surface area contributed by atoms with Crippen molar-refractivity contribution in [3.05, 3.63) is 86.3 Å². The number of carbonyl (C=O) groups excluding carboxylic acids is 1. The van der Waals surface area contributed by atoms with Crippen LogP contribution in [0.1, 0.15) is 38.6 Å². The Balaban J connectivity index is 1.71. The lowest BCUT2D eigenvalue weighted by Gasteiger charge is -2.13. The summed E-state index contributed by atoms with van der Waals surface area (Å²) in [5, 5.41) is 6.78. The van der Waals surface area contributed by atoms with Gasteiger partial charge in [-0.3, -0.25) is 9.48 Å². The number of nitrogens with one attached hydrogen (secondary N) is 1. The number of hydrogen-bond donors (Lipinski definition) is 1. The van der Waals surface area contributed by atoms with E-state index in [-0.39, 0.29) is 38.7 Å². The fraction of sp³-hybridized carbons (Fsp3) is 0.208. The molecule has 5 nitrogen and oxygen atoms in total. The van der Waals surface area contributed by atoms with Gasteiger partial charge in [-0.05, 0) is 49.7 Å². The number of aryl methyl sites for hydroxylation is 1. The molecule has 2 aromatic heterocycles. The molecule has 2 heterocycles. The van der Waals surface area contributed by atoms with Crippen molar-refractivity contribution in [2.45, 2.75) is 32.7 Å². The number of fused-ring (bicyclic) bond motifs is 1. The van der Waals surface area contributed by atoms with Gasteiger partial charge in [0.05, 0.1) is 45.3 Å². The zero-order valence-electron chi connectivity index (χ0n) is 19.0. The molecule has 0 aliphatic carbocycles. The molecule has 1 amide bonds. The van der Waals surface area contributed by atoms with Crippen LogP contribution in [0.4, 0.5) is 32.0 Å². The molecule has 0 unspecified atom stereocenters. The molecule has 0 saturated heterocycles. The molecule has 0 saturated carbocycles. The van der Waals surface area contributed by atoms with Crippen molar-refractivity contribution in [3.8, 4) is 0 Å². The molecule has 37 heavy (non-hydrogen) atoms. The van der Waals surface area contributed by atoms with Gasteiger partial charge in [0, 0.05) is 10.4 Å². The van der Waals surface area contributed by atoms with E-state index in [2.05, 4.69) is 15.4 Å². The van der Waals surface area contributed by atoms with Crippen LogP contribution in [0.2, 0.25) is 10.0 Å². The predicted octanol–water partition coefficient (Wildman–Crippen LogP) is 7.69. The molecule has 0 fully saturated rings. The summed E-state index contributed by atoms with van der Waals surface area (Å²) in [4.78, 5) is 16.8. The van der Waals surface area contributed by atoms with Crippen LogP contribution in [0.5, 0.6) is 0 Å². The third kappa shape index (κ3) is 5.52. The fourth-order valence-electron chi connectivity index (χ4n) is 3.82. The van der Waals surface area contributed by atoms with Crippen LogP contribution < -0.4 is 5.32 Å². The standard InChI is InChI=1S/C24H16Cl2F6N4O/c1-11-20(12(2)36(35-11)10-13-4-3-5-14(6-13)23(27,28)29)34-22(37)17-9-19(24(30,31)32)33-21-16(17)7-15(25)8-18(21)26/h3-9H,10H2,1-2H3,(H,34,37). The highest BCUT2D eigenvalue weighted by Gasteiger charge is 2.35. The van der Waals surface area contributed by atoms with Gasteiger partial charge in [0.25, 0.3) is 5.91 Å². The van der Waals surface area contributed by atoms with Crippen molar-refractivity contribution in [2.75, 3.05) is 5.32 Å². The number of rotatable bonds is 4. The van der Waals surface area contributed by atoms with Gasteiger partial charge in [-0.25, -0.2) is 4.98 Å². The summed E-state index contributed by atoms with van der Waals surface area (Å²) in [6, 6.07) is 7.80. The van der Waals surface area contributed by atoms with Crippen LogP contribution in [0.3, 0.4) is 0 Å². The number of halogens is 8. The maximum absolute atomic E-state index is 13.5. The van der Waals surface area contributed by atoms with Crippen LogP contribution in [0.15, 0.2) is 42.5 Å². The van der Waals surface area contributed by atoms with Crippen molar-refractivity contribution in [2.24, 2.45) is 0 Å². The first-order valence-corrected chi connectivity index (χ1v) is 11.3. The van der Waals surface area contributed by atoms with Gasteiger partial charge in [0.15, 0.2) is 0 Å². The second-order valence-electron chi connectivity index (χ2n) is 8.19. The minimum Gasteiger partial charge on any atom is -0.319 e. The molecule has 194 valence electrons. The van der Waals surface area contributed by atoms with Crippen molar-refractivity contribution in [3.63, 3.8) is 0 Å². The molecule has 0 radical (unpaired) electrons. The van der Waals surface area contributed by atoms with Crippen LogP contribution in [-0.2, 0) is 18.9 Å². The minimum atomic E-state index is -4.85. The van der Waals surface area contributed by atoms with Crippen LogP contribution in [-0.4, -0.2) is 20.7 Å². The summed E-state index contributed by atoms with van der Waals surface area (Å²) in [6.07, 6.45) is -9.37. The first-order chi connectivity index (χ1) is 17.1. The van der Waals surface area contributed by atoms with Crippen LogP contribution in [0, 0.1) is 13.8 Å². The van der Waals surface area contributed by atoms with Crippen molar-refractivity contribution < 1.29 is 31.1 Å². The van der Waals surface area contributed by atoms with Gasteiger partial charge in [-0.15, -0.1) is 0 Å². The smallest absolute Gasteiger partial charge is 0.319 e. The van der Waals surface area contributed by atoms with E-state index in [9.17, 15) is 31.1 Å². The lowest BCUT2D eigenvalue weighted by Crippen LogP contribution is -2.17. The number of hydrogen-bond acceptors (Lipinski definition) is 3. The number of aromatic nitrogens is 3. The van der Waals surface area contributed by atoms with Gasteiger partial charge >= 0.3 is 12.4 Å².